The molecular weight excluding hydrogens is 1020 g/mol. The van der Waals surface area contributed by atoms with Gasteiger partial charge in [-0.3, -0.25) is 19.2 Å². The first-order chi connectivity index (χ1) is 39.2. The molecule has 0 spiro atoms. The molecule has 81 heavy (non-hydrogen) atoms. The quantitative estimate of drug-likeness (QED) is 0.0367. The summed E-state index contributed by atoms with van der Waals surface area (Å²) in [6, 6.07) is 56.2. The van der Waals surface area contributed by atoms with Crippen molar-refractivity contribution in [2.75, 3.05) is 12.0 Å². The highest BCUT2D eigenvalue weighted by atomic mass is 16.5. The summed E-state index contributed by atoms with van der Waals surface area (Å²) in [7, 11) is 1.62. The normalized spacial score (nSPS) is 11.4. The Labute approximate surface area is 465 Å². The van der Waals surface area contributed by atoms with Crippen molar-refractivity contribution in [2.45, 2.75) is 0 Å². The molecule has 8 rings (SSSR count). The number of hydrogen-bond donors (Lipinski definition) is 4. The van der Waals surface area contributed by atoms with E-state index < -0.39 is 46.7 Å². The summed E-state index contributed by atoms with van der Waals surface area (Å²) in [4.78, 5) is 61.0. The summed E-state index contributed by atoms with van der Waals surface area (Å²) in [5.41, 5.74) is 9.06. The van der Waals surface area contributed by atoms with Crippen molar-refractivity contribution in [3.8, 4) is 5.75 Å². The molecule has 0 saturated heterocycles. The van der Waals surface area contributed by atoms with Gasteiger partial charge >= 0.3 is 23.9 Å². The molecule has 0 fully saturated rings. The summed E-state index contributed by atoms with van der Waals surface area (Å²) in [6.45, 7) is 29.1. The highest BCUT2D eigenvalue weighted by Gasteiger charge is 2.17. The van der Waals surface area contributed by atoms with Crippen molar-refractivity contribution >= 4 is 99.3 Å². The predicted molar refractivity (Wildman–Crippen MR) is 314 cm³/mol. The number of hydrogen-bond acceptors (Lipinski definition) is 6. The highest BCUT2D eigenvalue weighted by Crippen LogP contribution is 2.39. The topological polar surface area (TPSA) is 179 Å². The molecule has 0 radical (unpaired) electrons. The number of ether oxygens (including phenoxy) is 1. The van der Waals surface area contributed by atoms with E-state index in [0.717, 1.165) is 78.1 Å². The fraction of sp³-hybridized carbons (Fsp3) is 0.0149. The van der Waals surface area contributed by atoms with Gasteiger partial charge in [-0.15, -0.1) is 0 Å². The largest absolute Gasteiger partial charge is 0.497 e. The minimum Gasteiger partial charge on any atom is -0.497 e. The molecule has 0 atom stereocenters. The SMILES string of the molecule is [C-]#[N+]C(=Cc1ccc(C(=Cc2ccc(N(c3ccc(C=C(c4ccc(C=C([N+]#[C-])C(=O)O)cc4)c4ccc(C=C([N+]#[C-])C(=O)O)cc4)cc3)c3ccc4cc(OC)ccc4c3)cc2)c2ccc(C=C([N+]#[C-])C(=O)O)cc2)cc1)C(=O)O. The van der Waals surface area contributed by atoms with Crippen LogP contribution in [0.4, 0.5) is 17.1 Å². The fourth-order valence-corrected chi connectivity index (χ4v) is 8.60. The maximum Gasteiger partial charge on any atom is 0.333 e. The van der Waals surface area contributed by atoms with Gasteiger partial charge in [0.05, 0.1) is 33.4 Å². The van der Waals surface area contributed by atoms with E-state index in [1.807, 2.05) is 140 Å². The van der Waals surface area contributed by atoms with Crippen LogP contribution in [0.3, 0.4) is 0 Å². The van der Waals surface area contributed by atoms with Crippen LogP contribution in [0.15, 0.2) is 205 Å². The molecule has 14 heteroatoms. The van der Waals surface area contributed by atoms with Crippen molar-refractivity contribution in [2.24, 2.45) is 0 Å². The highest BCUT2D eigenvalue weighted by molar-refractivity contribution is 5.99. The minimum absolute atomic E-state index is 0.430. The third-order valence-corrected chi connectivity index (χ3v) is 12.7. The van der Waals surface area contributed by atoms with Gasteiger partial charge in [0.1, 0.15) is 5.75 Å². The van der Waals surface area contributed by atoms with Gasteiger partial charge in [-0.1, -0.05) is 133 Å². The Morgan fingerprint density at radius 3 is 0.901 bits per heavy atom. The van der Waals surface area contributed by atoms with Crippen LogP contribution in [-0.2, 0) is 19.2 Å². The second-order valence-electron chi connectivity index (χ2n) is 17.8. The first kappa shape index (κ1) is 55.1. The summed E-state index contributed by atoms with van der Waals surface area (Å²) >= 11 is 0. The van der Waals surface area contributed by atoms with Gasteiger partial charge in [-0.05, 0) is 163 Å². The molecule has 4 N–H and O–H groups in total. The monoisotopic (exact) mass is 1060 g/mol. The van der Waals surface area contributed by atoms with Crippen molar-refractivity contribution in [3.05, 3.63) is 306 Å². The van der Waals surface area contributed by atoms with Gasteiger partial charge in [0.2, 0.25) is 0 Å². The third-order valence-electron chi connectivity index (χ3n) is 12.7. The van der Waals surface area contributed by atoms with Crippen molar-refractivity contribution in [1.29, 1.82) is 0 Å². The number of anilines is 3. The Balaban J connectivity index is 1.21. The lowest BCUT2D eigenvalue weighted by Crippen LogP contribution is -2.10. The van der Waals surface area contributed by atoms with Crippen LogP contribution < -0.4 is 9.64 Å². The molecule has 0 amide bonds. The van der Waals surface area contributed by atoms with Crippen LogP contribution in [0.5, 0.6) is 5.75 Å². The zero-order valence-corrected chi connectivity index (χ0v) is 42.9. The third kappa shape index (κ3) is 13.5. The van der Waals surface area contributed by atoms with Crippen LogP contribution >= 0.6 is 0 Å². The number of carboxylic acid groups (broad SMARTS) is 4. The minimum atomic E-state index is -1.34. The van der Waals surface area contributed by atoms with Crippen molar-refractivity contribution < 1.29 is 44.3 Å². The number of benzene rings is 8. The lowest BCUT2D eigenvalue weighted by Gasteiger charge is -2.26. The van der Waals surface area contributed by atoms with Crippen molar-refractivity contribution in [1.82, 2.24) is 0 Å². The number of rotatable bonds is 18. The molecule has 0 saturated carbocycles. The maximum absolute atomic E-state index is 11.6. The van der Waals surface area contributed by atoms with E-state index in [2.05, 4.69) is 30.3 Å². The standard InChI is InChI=1S/C67H43N5O9/c1-68-60(64(73)74)36-44-6-18-48(19-7-44)58(49-20-8-45(9-21-49)37-61(69-2)65(75)76)34-42-14-28-54(29-15-42)72(56-32-26-53-41-57(81-5)33-27-52(53)40-56)55-30-16-43(17-31-55)35-59(50-22-10-46(11-23-50)38-62(70-3)66(77)78)51-24-12-47(13-25-51)39-63(71-4)67(79)80/h6-41H,5H3,(H,73,74)(H,75,76)(H,77,78)(H,79,80). The molecule has 8 aromatic rings. The lowest BCUT2D eigenvalue weighted by molar-refractivity contribution is -0.133. The molecule has 390 valence electrons. The molecule has 0 aromatic heterocycles. The number of fused-ring (bicyclic) bond motifs is 1. The Hall–Kier alpha value is -12.1. The molecule has 0 aliphatic heterocycles. The molecule has 0 heterocycles. The number of aliphatic carboxylic acids is 4. The summed E-state index contributed by atoms with van der Waals surface area (Å²) in [6.07, 6.45) is 9.16. The van der Waals surface area contributed by atoms with E-state index in [0.29, 0.717) is 22.3 Å². The molecular formula is C67H43N5O9. The average Bonchev–Trinajstić information content (AvgIpc) is 3.65. The molecule has 0 unspecified atom stereocenters. The van der Waals surface area contributed by atoms with Crippen molar-refractivity contribution in [3.63, 3.8) is 0 Å². The van der Waals surface area contributed by atoms with E-state index in [1.54, 1.807) is 55.6 Å². The van der Waals surface area contributed by atoms with Gasteiger partial charge in [0, 0.05) is 17.1 Å². The Bertz CT molecular complexity index is 3740. The second-order valence-corrected chi connectivity index (χ2v) is 17.8. The molecule has 0 aliphatic rings. The summed E-state index contributed by atoms with van der Waals surface area (Å²) in [5, 5.41) is 39.8. The zero-order chi connectivity index (χ0) is 57.6. The van der Waals surface area contributed by atoms with Gasteiger partial charge in [-0.25, -0.2) is 19.4 Å². The first-order valence-corrected chi connectivity index (χ1v) is 24.4. The van der Waals surface area contributed by atoms with Gasteiger partial charge in [0.25, 0.3) is 22.8 Å². The Kier molecular flexibility index (Phi) is 17.1. The Morgan fingerprint density at radius 2 is 0.617 bits per heavy atom. The van der Waals surface area contributed by atoms with E-state index >= 15 is 0 Å². The molecule has 8 aromatic carbocycles. The van der Waals surface area contributed by atoms with E-state index in [9.17, 15) is 39.6 Å². The first-order valence-electron chi connectivity index (χ1n) is 24.4. The number of methoxy groups -OCH3 is 1. The van der Waals surface area contributed by atoms with E-state index in [-0.39, 0.29) is 0 Å². The van der Waals surface area contributed by atoms with Gasteiger partial charge in [0.15, 0.2) is 0 Å². The lowest BCUT2D eigenvalue weighted by atomic mass is 9.94. The zero-order valence-electron chi connectivity index (χ0n) is 42.9. The van der Waals surface area contributed by atoms with Crippen LogP contribution in [0.1, 0.15) is 55.6 Å². The van der Waals surface area contributed by atoms with Gasteiger partial charge < -0.3 is 30.1 Å². The average molecular weight is 1060 g/mol. The van der Waals surface area contributed by atoms with E-state index in [4.69, 9.17) is 31.0 Å². The second kappa shape index (κ2) is 25.2. The molecule has 0 aliphatic carbocycles. The van der Waals surface area contributed by atoms with Crippen LogP contribution in [0, 0.1) is 26.3 Å². The number of carboxylic acids is 4. The van der Waals surface area contributed by atoms with Crippen LogP contribution in [0.25, 0.3) is 77.8 Å². The smallest absolute Gasteiger partial charge is 0.333 e. The van der Waals surface area contributed by atoms with Gasteiger partial charge in [-0.2, -0.15) is 0 Å². The Morgan fingerprint density at radius 1 is 0.358 bits per heavy atom. The van der Waals surface area contributed by atoms with Crippen LogP contribution in [-0.4, -0.2) is 51.4 Å². The van der Waals surface area contributed by atoms with Crippen LogP contribution in [0.2, 0.25) is 0 Å². The predicted octanol–water partition coefficient (Wildman–Crippen LogP) is 14.9. The molecule has 14 nitrogen and oxygen atoms in total. The number of nitrogens with zero attached hydrogens (tertiary/aromatic N) is 5. The van der Waals surface area contributed by atoms with E-state index in [1.165, 1.54) is 24.3 Å². The molecule has 0 bridgehead atoms. The number of carbonyl (C=O) groups is 4. The summed E-state index contributed by atoms with van der Waals surface area (Å²) in [5.74, 6) is -4.62. The summed E-state index contributed by atoms with van der Waals surface area (Å²) < 4.78 is 5.51. The maximum atomic E-state index is 11.6. The fourth-order valence-electron chi connectivity index (χ4n) is 8.60.